The zero-order valence-electron chi connectivity index (χ0n) is 16.0. The first-order chi connectivity index (χ1) is 11.9. The summed E-state index contributed by atoms with van der Waals surface area (Å²) in [4.78, 5) is 0. The second-order valence-electron chi connectivity index (χ2n) is 6.75. The lowest BCUT2D eigenvalue weighted by atomic mass is 10.0. The molecule has 144 valence electrons. The Hall–Kier alpha value is -1.07. The minimum absolute atomic E-state index is 0.363. The van der Waals surface area contributed by atoms with Crippen LogP contribution in [0.15, 0.2) is 18.2 Å². The van der Waals surface area contributed by atoms with Crippen molar-refractivity contribution >= 4 is 10.1 Å². The molecule has 0 spiro atoms. The monoisotopic (exact) mass is 370 g/mol. The first-order valence-electron chi connectivity index (χ1n) is 9.63. The van der Waals surface area contributed by atoms with Crippen LogP contribution in [0.5, 0.6) is 5.75 Å². The molecular weight excluding hydrogens is 336 g/mol. The van der Waals surface area contributed by atoms with Crippen molar-refractivity contribution in [3.63, 3.8) is 0 Å². The number of unbranched alkanes of at least 4 members (excludes halogenated alkanes) is 4. The summed E-state index contributed by atoms with van der Waals surface area (Å²) in [6.07, 6.45) is 8.91. The zero-order chi connectivity index (χ0) is 18.7. The van der Waals surface area contributed by atoms with Crippen LogP contribution in [0.2, 0.25) is 0 Å². The first-order valence-corrected chi connectivity index (χ1v) is 11.2. The fourth-order valence-corrected chi connectivity index (χ4v) is 3.64. The van der Waals surface area contributed by atoms with Gasteiger partial charge in [0.15, 0.2) is 0 Å². The Kier molecular flexibility index (Phi) is 10.1. The molecule has 1 aromatic rings. The molecule has 0 heterocycles. The Morgan fingerprint density at radius 1 is 1.00 bits per heavy atom. The number of rotatable bonds is 13. The van der Waals surface area contributed by atoms with E-state index in [4.69, 9.17) is 9.29 Å². The summed E-state index contributed by atoms with van der Waals surface area (Å²) in [5.74, 6) is 0.415. The number of benzene rings is 1. The molecule has 0 aliphatic rings. The number of aryl methyl sites for hydroxylation is 2. The molecule has 25 heavy (non-hydrogen) atoms. The Balaban J connectivity index is 2.92. The molecule has 0 saturated heterocycles. The SMILES string of the molecule is CCCCCc1ccc(CCCCC)c(OC(CC)CS(=O)(=O)O)c1. The molecule has 1 atom stereocenters. The Bertz CT molecular complexity index is 596. The summed E-state index contributed by atoms with van der Waals surface area (Å²) < 4.78 is 37.5. The minimum atomic E-state index is -4.04. The van der Waals surface area contributed by atoms with Crippen LogP contribution >= 0.6 is 0 Å². The summed E-state index contributed by atoms with van der Waals surface area (Å²) in [5.41, 5.74) is 2.35. The Morgan fingerprint density at radius 3 is 2.20 bits per heavy atom. The maximum atomic E-state index is 11.2. The van der Waals surface area contributed by atoms with E-state index in [1.54, 1.807) is 0 Å². The largest absolute Gasteiger partial charge is 0.489 e. The highest BCUT2D eigenvalue weighted by Crippen LogP contribution is 2.26. The van der Waals surface area contributed by atoms with Gasteiger partial charge in [0.05, 0.1) is 0 Å². The molecule has 0 fully saturated rings. The highest BCUT2D eigenvalue weighted by Gasteiger charge is 2.18. The van der Waals surface area contributed by atoms with E-state index < -0.39 is 16.2 Å². The molecule has 0 aliphatic heterocycles. The maximum absolute atomic E-state index is 11.2. The summed E-state index contributed by atoms with van der Waals surface area (Å²) in [7, 11) is -4.04. The fraction of sp³-hybridized carbons (Fsp3) is 0.700. The van der Waals surface area contributed by atoms with E-state index >= 15 is 0 Å². The van der Waals surface area contributed by atoms with Crippen LogP contribution in [-0.2, 0) is 23.0 Å². The van der Waals surface area contributed by atoms with E-state index in [1.165, 1.54) is 24.8 Å². The van der Waals surface area contributed by atoms with Gasteiger partial charge in [-0.25, -0.2) is 0 Å². The topological polar surface area (TPSA) is 63.6 Å². The minimum Gasteiger partial charge on any atom is -0.489 e. The van der Waals surface area contributed by atoms with Crippen LogP contribution < -0.4 is 4.74 Å². The molecular formula is C20H34O4S. The summed E-state index contributed by atoms with van der Waals surface area (Å²) in [6.45, 7) is 6.23. The van der Waals surface area contributed by atoms with Crippen molar-refractivity contribution in [1.82, 2.24) is 0 Å². The molecule has 0 bridgehead atoms. The number of ether oxygens (including phenoxy) is 1. The van der Waals surface area contributed by atoms with Crippen LogP contribution in [0.25, 0.3) is 0 Å². The molecule has 0 amide bonds. The molecule has 1 unspecified atom stereocenters. The molecule has 5 heteroatoms. The van der Waals surface area contributed by atoms with Gasteiger partial charge in [0.25, 0.3) is 10.1 Å². The summed E-state index contributed by atoms with van der Waals surface area (Å²) in [6, 6.07) is 6.34. The lowest BCUT2D eigenvalue weighted by molar-refractivity contribution is 0.214. The quantitative estimate of drug-likeness (QED) is 0.383. The number of hydrogen-bond donors (Lipinski definition) is 1. The average molecular weight is 371 g/mol. The van der Waals surface area contributed by atoms with Gasteiger partial charge in [-0.05, 0) is 49.3 Å². The lowest BCUT2D eigenvalue weighted by Gasteiger charge is -2.20. The van der Waals surface area contributed by atoms with Gasteiger partial charge in [-0.1, -0.05) is 58.6 Å². The smallest absolute Gasteiger partial charge is 0.268 e. The van der Waals surface area contributed by atoms with Gasteiger partial charge >= 0.3 is 0 Å². The van der Waals surface area contributed by atoms with Gasteiger partial charge in [0, 0.05) is 0 Å². The van der Waals surface area contributed by atoms with E-state index in [0.29, 0.717) is 6.42 Å². The first kappa shape index (κ1) is 22.0. The molecule has 1 N–H and O–H groups in total. The van der Waals surface area contributed by atoms with Crippen molar-refractivity contribution in [2.24, 2.45) is 0 Å². The van der Waals surface area contributed by atoms with Crippen molar-refractivity contribution in [3.05, 3.63) is 29.3 Å². The van der Waals surface area contributed by atoms with E-state index in [2.05, 4.69) is 32.0 Å². The molecule has 1 aromatic carbocycles. The Morgan fingerprint density at radius 2 is 1.64 bits per heavy atom. The zero-order valence-corrected chi connectivity index (χ0v) is 16.8. The van der Waals surface area contributed by atoms with E-state index in [9.17, 15) is 8.42 Å². The van der Waals surface area contributed by atoms with Crippen molar-refractivity contribution in [2.45, 2.75) is 84.7 Å². The van der Waals surface area contributed by atoms with Gasteiger partial charge in [-0.3, -0.25) is 4.55 Å². The molecule has 0 aromatic heterocycles. The van der Waals surface area contributed by atoms with Gasteiger partial charge in [-0.2, -0.15) is 8.42 Å². The van der Waals surface area contributed by atoms with Gasteiger partial charge in [-0.15, -0.1) is 0 Å². The standard InChI is InChI=1S/C20H34O4S/c1-4-7-9-11-17-13-14-18(12-10-8-5-2)20(15-17)24-19(6-3)16-25(21,22)23/h13-15,19H,4-12,16H2,1-3H3,(H,21,22,23). The lowest BCUT2D eigenvalue weighted by Crippen LogP contribution is -2.26. The third-order valence-corrected chi connectivity index (χ3v) is 5.19. The van der Waals surface area contributed by atoms with Crippen LogP contribution in [-0.4, -0.2) is 24.8 Å². The van der Waals surface area contributed by atoms with Gasteiger partial charge in [0.2, 0.25) is 0 Å². The molecule has 1 rings (SSSR count). The van der Waals surface area contributed by atoms with E-state index in [1.807, 2.05) is 6.92 Å². The highest BCUT2D eigenvalue weighted by molar-refractivity contribution is 7.85. The third-order valence-electron chi connectivity index (χ3n) is 4.40. The van der Waals surface area contributed by atoms with Crippen LogP contribution in [0, 0.1) is 0 Å². The molecule has 0 aliphatic carbocycles. The molecule has 0 saturated carbocycles. The van der Waals surface area contributed by atoms with Crippen molar-refractivity contribution < 1.29 is 17.7 Å². The van der Waals surface area contributed by atoms with Gasteiger partial charge in [0.1, 0.15) is 17.6 Å². The van der Waals surface area contributed by atoms with E-state index in [-0.39, 0.29) is 5.75 Å². The predicted octanol–water partition coefficient (Wildman–Crippen LogP) is 5.20. The van der Waals surface area contributed by atoms with Crippen molar-refractivity contribution in [1.29, 1.82) is 0 Å². The molecule has 0 radical (unpaired) electrons. The third kappa shape index (κ3) is 9.26. The van der Waals surface area contributed by atoms with Crippen molar-refractivity contribution in [2.75, 3.05) is 5.75 Å². The predicted molar refractivity (Wildman–Crippen MR) is 104 cm³/mol. The second-order valence-corrected chi connectivity index (χ2v) is 8.25. The summed E-state index contributed by atoms with van der Waals surface area (Å²) >= 11 is 0. The van der Waals surface area contributed by atoms with Crippen LogP contribution in [0.4, 0.5) is 0 Å². The average Bonchev–Trinajstić information content (AvgIpc) is 2.55. The van der Waals surface area contributed by atoms with E-state index in [0.717, 1.165) is 43.4 Å². The Labute approximate surface area is 153 Å². The fourth-order valence-electron chi connectivity index (χ4n) is 2.86. The van der Waals surface area contributed by atoms with Crippen molar-refractivity contribution in [3.8, 4) is 5.75 Å². The summed E-state index contributed by atoms with van der Waals surface area (Å²) in [5, 5.41) is 0. The normalized spacial score (nSPS) is 13.0. The van der Waals surface area contributed by atoms with Crippen LogP contribution in [0.1, 0.15) is 76.8 Å². The highest BCUT2D eigenvalue weighted by atomic mass is 32.2. The maximum Gasteiger partial charge on any atom is 0.268 e. The van der Waals surface area contributed by atoms with Gasteiger partial charge < -0.3 is 4.74 Å². The van der Waals surface area contributed by atoms with Crippen LogP contribution in [0.3, 0.4) is 0 Å². The number of hydrogen-bond acceptors (Lipinski definition) is 3. The molecule has 4 nitrogen and oxygen atoms in total. The second kappa shape index (κ2) is 11.5.